The number of nitrogens with two attached hydrogens (primary N) is 1. The van der Waals surface area contributed by atoms with Crippen LogP contribution in [0.5, 0.6) is 17.2 Å². The average molecular weight is 361 g/mol. The maximum atomic E-state index is 12.5. The first-order valence-corrected chi connectivity index (χ1v) is 7.79. The molecule has 0 saturated heterocycles. The monoisotopic (exact) mass is 360 g/mol. The lowest BCUT2D eigenvalue weighted by molar-refractivity contribution is -0.131. The van der Waals surface area contributed by atoms with Gasteiger partial charge >= 0.3 is 0 Å². The van der Waals surface area contributed by atoms with Crippen LogP contribution in [-0.4, -0.2) is 33.8 Å². The minimum Gasteiger partial charge on any atom is -0.496 e. The average Bonchev–Trinajstić information content (AvgIpc) is 2.60. The molecule has 0 radical (unpaired) electrons. The van der Waals surface area contributed by atoms with E-state index in [1.807, 2.05) is 13.8 Å². The highest BCUT2D eigenvalue weighted by molar-refractivity contribution is 5.85. The van der Waals surface area contributed by atoms with Gasteiger partial charge in [0.25, 0.3) is 0 Å². The molecule has 1 rings (SSSR count). The molecule has 24 heavy (non-hydrogen) atoms. The van der Waals surface area contributed by atoms with E-state index >= 15 is 0 Å². The van der Waals surface area contributed by atoms with Crippen molar-refractivity contribution in [3.05, 3.63) is 17.7 Å². The number of benzene rings is 1. The van der Waals surface area contributed by atoms with Gasteiger partial charge in [0.15, 0.2) is 11.5 Å². The number of carbonyl (C=O) groups excluding carboxylic acids is 1. The highest BCUT2D eigenvalue weighted by Crippen LogP contribution is 2.34. The minimum atomic E-state index is -0.524. The molecule has 0 fully saturated rings. The maximum absolute atomic E-state index is 12.5. The first-order chi connectivity index (χ1) is 11.0. The fraction of sp³-hybridized carbons (Fsp3) is 0.588. The third-order valence-corrected chi connectivity index (χ3v) is 4.45. The number of methoxy groups -OCH3 is 3. The number of hydrogen-bond acceptors (Lipinski definition) is 5. The van der Waals surface area contributed by atoms with E-state index in [1.54, 1.807) is 33.5 Å². The summed E-state index contributed by atoms with van der Waals surface area (Å²) >= 11 is 0. The van der Waals surface area contributed by atoms with E-state index in [0.29, 0.717) is 43.2 Å². The van der Waals surface area contributed by atoms with E-state index in [0.717, 1.165) is 5.56 Å². The largest absolute Gasteiger partial charge is 0.496 e. The molecular formula is C17H29ClN2O4. The van der Waals surface area contributed by atoms with Gasteiger partial charge < -0.3 is 25.3 Å². The molecule has 0 heterocycles. The summed E-state index contributed by atoms with van der Waals surface area (Å²) in [7, 11) is 4.71. The van der Waals surface area contributed by atoms with Crippen molar-refractivity contribution < 1.29 is 19.0 Å². The lowest BCUT2D eigenvalue weighted by atomic mass is 9.81. The van der Waals surface area contributed by atoms with Crippen LogP contribution in [0.4, 0.5) is 0 Å². The molecule has 1 aromatic rings. The van der Waals surface area contributed by atoms with Crippen molar-refractivity contribution in [3.63, 3.8) is 0 Å². The normalized spacial score (nSPS) is 10.6. The van der Waals surface area contributed by atoms with E-state index in [9.17, 15) is 4.79 Å². The molecule has 0 unspecified atom stereocenters. The van der Waals surface area contributed by atoms with Crippen LogP contribution < -0.4 is 25.3 Å². The number of rotatable bonds is 9. The van der Waals surface area contributed by atoms with Gasteiger partial charge in [0.2, 0.25) is 5.91 Å². The first-order valence-electron chi connectivity index (χ1n) is 7.79. The molecule has 0 spiro atoms. The molecular weight excluding hydrogens is 332 g/mol. The molecule has 0 aliphatic carbocycles. The summed E-state index contributed by atoms with van der Waals surface area (Å²) in [5.41, 5.74) is 6.11. The topological polar surface area (TPSA) is 82.8 Å². The Balaban J connectivity index is 0.00000529. The number of nitrogens with one attached hydrogen (secondary N) is 1. The smallest absolute Gasteiger partial charge is 0.227 e. The number of carbonyl (C=O) groups is 1. The summed E-state index contributed by atoms with van der Waals surface area (Å²) < 4.78 is 15.9. The zero-order valence-corrected chi connectivity index (χ0v) is 15.9. The Morgan fingerprint density at radius 2 is 1.54 bits per heavy atom. The number of halogens is 1. The van der Waals surface area contributed by atoms with Crippen molar-refractivity contribution in [3.8, 4) is 17.2 Å². The highest BCUT2D eigenvalue weighted by atomic mass is 35.5. The van der Waals surface area contributed by atoms with E-state index in [-0.39, 0.29) is 18.3 Å². The summed E-state index contributed by atoms with van der Waals surface area (Å²) in [6.07, 6.45) is 1.41. The molecule has 0 aliphatic rings. The van der Waals surface area contributed by atoms with Crippen LogP contribution in [0.25, 0.3) is 0 Å². The van der Waals surface area contributed by atoms with Crippen LogP contribution in [-0.2, 0) is 11.3 Å². The van der Waals surface area contributed by atoms with Gasteiger partial charge in [-0.3, -0.25) is 4.79 Å². The van der Waals surface area contributed by atoms with Crippen LogP contribution in [0.15, 0.2) is 12.1 Å². The molecule has 0 bridgehead atoms. The molecule has 6 nitrogen and oxygen atoms in total. The van der Waals surface area contributed by atoms with E-state index in [2.05, 4.69) is 5.32 Å². The molecule has 1 aromatic carbocycles. The highest BCUT2D eigenvalue weighted by Gasteiger charge is 2.33. The molecule has 7 heteroatoms. The molecule has 1 amide bonds. The molecule has 0 aromatic heterocycles. The second-order valence-electron chi connectivity index (χ2n) is 5.39. The van der Waals surface area contributed by atoms with Gasteiger partial charge in [-0.1, -0.05) is 13.8 Å². The van der Waals surface area contributed by atoms with Crippen LogP contribution in [0, 0.1) is 5.41 Å². The van der Waals surface area contributed by atoms with Crippen molar-refractivity contribution in [1.82, 2.24) is 5.32 Å². The molecule has 0 atom stereocenters. The molecule has 138 valence electrons. The molecule has 0 saturated carbocycles. The Morgan fingerprint density at radius 3 is 1.96 bits per heavy atom. The third kappa shape index (κ3) is 4.68. The number of hydrogen-bond donors (Lipinski definition) is 2. The van der Waals surface area contributed by atoms with Gasteiger partial charge in [0.05, 0.1) is 26.7 Å². The van der Waals surface area contributed by atoms with Crippen LogP contribution in [0.2, 0.25) is 0 Å². The predicted octanol–water partition coefficient (Wildman–Crippen LogP) is 2.52. The SMILES string of the molecule is CCC(CC)(CN)C(=O)NCc1cc(OC)c(OC)cc1OC.Cl. The lowest BCUT2D eigenvalue weighted by Crippen LogP contribution is -2.45. The Labute approximate surface area is 150 Å². The molecule has 3 N–H and O–H groups in total. The fourth-order valence-electron chi connectivity index (χ4n) is 2.55. The van der Waals surface area contributed by atoms with Crippen molar-refractivity contribution >= 4 is 18.3 Å². The quantitative estimate of drug-likeness (QED) is 0.707. The van der Waals surface area contributed by atoms with Crippen molar-refractivity contribution in [2.24, 2.45) is 11.1 Å². The predicted molar refractivity (Wildman–Crippen MR) is 97.3 cm³/mol. The lowest BCUT2D eigenvalue weighted by Gasteiger charge is -2.28. The Kier molecular flexibility index (Phi) is 9.55. The van der Waals surface area contributed by atoms with Gasteiger partial charge in [-0.25, -0.2) is 0 Å². The van der Waals surface area contributed by atoms with Crippen molar-refractivity contribution in [2.45, 2.75) is 33.2 Å². The summed E-state index contributed by atoms with van der Waals surface area (Å²) in [6, 6.07) is 3.55. The van der Waals surface area contributed by atoms with Gasteiger partial charge in [-0.05, 0) is 18.9 Å². The zero-order valence-electron chi connectivity index (χ0n) is 15.1. The van der Waals surface area contributed by atoms with E-state index in [1.165, 1.54) is 0 Å². The Hall–Kier alpha value is -1.66. The summed E-state index contributed by atoms with van der Waals surface area (Å²) in [5.74, 6) is 1.77. The second kappa shape index (κ2) is 10.3. The van der Waals surface area contributed by atoms with E-state index in [4.69, 9.17) is 19.9 Å². The summed E-state index contributed by atoms with van der Waals surface area (Å²) in [4.78, 5) is 12.5. The number of ether oxygens (including phenoxy) is 3. The first kappa shape index (κ1) is 22.3. The molecule has 0 aliphatic heterocycles. The Morgan fingerprint density at radius 1 is 1.04 bits per heavy atom. The van der Waals surface area contributed by atoms with Gasteiger partial charge in [-0.15, -0.1) is 12.4 Å². The van der Waals surface area contributed by atoms with Gasteiger partial charge in [-0.2, -0.15) is 0 Å². The van der Waals surface area contributed by atoms with Crippen LogP contribution in [0.3, 0.4) is 0 Å². The fourth-order valence-corrected chi connectivity index (χ4v) is 2.55. The maximum Gasteiger partial charge on any atom is 0.227 e. The minimum absolute atomic E-state index is 0. The van der Waals surface area contributed by atoms with Crippen LogP contribution in [0.1, 0.15) is 32.3 Å². The van der Waals surface area contributed by atoms with Gasteiger partial charge in [0.1, 0.15) is 5.75 Å². The van der Waals surface area contributed by atoms with Crippen LogP contribution >= 0.6 is 12.4 Å². The van der Waals surface area contributed by atoms with Crippen molar-refractivity contribution in [1.29, 1.82) is 0 Å². The Bertz CT molecular complexity index is 525. The third-order valence-electron chi connectivity index (χ3n) is 4.45. The zero-order chi connectivity index (χ0) is 17.5. The van der Waals surface area contributed by atoms with Crippen molar-refractivity contribution in [2.75, 3.05) is 27.9 Å². The van der Waals surface area contributed by atoms with Gasteiger partial charge in [0, 0.05) is 24.7 Å². The van der Waals surface area contributed by atoms with E-state index < -0.39 is 5.41 Å². The summed E-state index contributed by atoms with van der Waals surface area (Å²) in [6.45, 7) is 4.62. The summed E-state index contributed by atoms with van der Waals surface area (Å²) in [5, 5.41) is 2.96. The number of amides is 1. The standard InChI is InChI=1S/C17H28N2O4.ClH/c1-6-17(7-2,11-18)16(20)19-10-12-8-14(22-4)15(23-5)9-13(12)21-3;/h8-9H,6-7,10-11,18H2,1-5H3,(H,19,20);1H. The second-order valence-corrected chi connectivity index (χ2v) is 5.39.